The Morgan fingerprint density at radius 2 is 1.76 bits per heavy atom. The van der Waals surface area contributed by atoms with Gasteiger partial charge in [0.1, 0.15) is 18.1 Å². The zero-order valence-corrected chi connectivity index (χ0v) is 19.1. The molecule has 182 valence electrons. The van der Waals surface area contributed by atoms with Gasteiger partial charge in [-0.2, -0.15) is 0 Å². The number of aliphatic carboxylic acids is 1. The Bertz CT molecular complexity index is 834. The molecule has 33 heavy (non-hydrogen) atoms. The number of carboxylic acids is 1. The molecule has 1 aliphatic heterocycles. The van der Waals surface area contributed by atoms with Gasteiger partial charge in [0.15, 0.2) is 0 Å². The molecule has 3 amide bonds. The van der Waals surface area contributed by atoms with Crippen molar-refractivity contribution >= 4 is 23.7 Å². The van der Waals surface area contributed by atoms with E-state index < -0.39 is 54.5 Å². The van der Waals surface area contributed by atoms with Crippen LogP contribution in [0.25, 0.3) is 0 Å². The van der Waals surface area contributed by atoms with Crippen molar-refractivity contribution in [2.75, 3.05) is 13.2 Å². The lowest BCUT2D eigenvalue weighted by Gasteiger charge is -2.29. The zero-order valence-electron chi connectivity index (χ0n) is 19.1. The van der Waals surface area contributed by atoms with Crippen molar-refractivity contribution in [1.82, 2.24) is 15.5 Å². The molecule has 2 rings (SSSR count). The fourth-order valence-corrected chi connectivity index (χ4v) is 3.78. The molecule has 5 unspecified atom stereocenters. The van der Waals surface area contributed by atoms with Gasteiger partial charge < -0.3 is 31.5 Å². The number of benzene rings is 1. The number of nitrogens with two attached hydrogens (primary N) is 1. The smallest absolute Gasteiger partial charge is 0.326 e. The van der Waals surface area contributed by atoms with Gasteiger partial charge in [-0.25, -0.2) is 4.79 Å². The third kappa shape index (κ3) is 7.00. The second kappa shape index (κ2) is 12.3. The Morgan fingerprint density at radius 3 is 2.33 bits per heavy atom. The number of hydrogen-bond acceptors (Lipinski definition) is 6. The number of nitrogens with one attached hydrogen (secondary N) is 2. The quantitative estimate of drug-likeness (QED) is 0.300. The molecule has 0 bridgehead atoms. The van der Waals surface area contributed by atoms with E-state index in [-0.39, 0.29) is 18.9 Å². The van der Waals surface area contributed by atoms with Crippen LogP contribution >= 0.6 is 0 Å². The summed E-state index contributed by atoms with van der Waals surface area (Å²) >= 11 is 0. The van der Waals surface area contributed by atoms with Gasteiger partial charge in [-0.05, 0) is 24.3 Å². The van der Waals surface area contributed by atoms with Gasteiger partial charge >= 0.3 is 5.97 Å². The summed E-state index contributed by atoms with van der Waals surface area (Å²) in [5, 5.41) is 24.2. The minimum Gasteiger partial charge on any atom is -0.480 e. The number of carbonyl (C=O) groups excluding carboxylic acids is 3. The van der Waals surface area contributed by atoms with Crippen LogP contribution in [0.2, 0.25) is 0 Å². The first-order chi connectivity index (χ1) is 15.7. The molecular weight excluding hydrogens is 428 g/mol. The van der Waals surface area contributed by atoms with Crippen molar-refractivity contribution < 1.29 is 29.4 Å². The molecule has 1 aromatic rings. The SMILES string of the molecule is CCC(C)C(N)C(=O)NC(CO)C(=O)NC(Cc1ccccc1)C(=O)N1CCCC1C(=O)O. The van der Waals surface area contributed by atoms with Crippen molar-refractivity contribution in [3.8, 4) is 0 Å². The zero-order chi connectivity index (χ0) is 24.5. The van der Waals surface area contributed by atoms with Crippen LogP contribution in [0, 0.1) is 5.92 Å². The molecule has 0 saturated carbocycles. The molecule has 10 nitrogen and oxygen atoms in total. The number of amides is 3. The maximum absolute atomic E-state index is 13.2. The molecule has 0 radical (unpaired) electrons. The van der Waals surface area contributed by atoms with Gasteiger partial charge in [-0.3, -0.25) is 14.4 Å². The number of carbonyl (C=O) groups is 4. The van der Waals surface area contributed by atoms with Crippen LogP contribution in [0.1, 0.15) is 38.7 Å². The number of likely N-dealkylation sites (tertiary alicyclic amines) is 1. The number of carboxylic acid groups (broad SMARTS) is 1. The van der Waals surface area contributed by atoms with E-state index in [1.54, 1.807) is 24.3 Å². The molecule has 0 spiro atoms. The second-order valence-corrected chi connectivity index (χ2v) is 8.43. The lowest BCUT2D eigenvalue weighted by atomic mass is 9.99. The summed E-state index contributed by atoms with van der Waals surface area (Å²) < 4.78 is 0. The lowest BCUT2D eigenvalue weighted by molar-refractivity contribution is -0.149. The van der Waals surface area contributed by atoms with Crippen molar-refractivity contribution in [3.05, 3.63) is 35.9 Å². The Morgan fingerprint density at radius 1 is 1.12 bits per heavy atom. The van der Waals surface area contributed by atoms with E-state index in [1.165, 1.54) is 4.90 Å². The number of aliphatic hydroxyl groups excluding tert-OH is 1. The molecule has 1 heterocycles. The van der Waals surface area contributed by atoms with Crippen LogP contribution in [-0.2, 0) is 25.6 Å². The Balaban J connectivity index is 2.18. The minimum absolute atomic E-state index is 0.122. The number of hydrogen-bond donors (Lipinski definition) is 5. The third-order valence-corrected chi connectivity index (χ3v) is 6.09. The molecule has 1 fully saturated rings. The van der Waals surface area contributed by atoms with Crippen molar-refractivity contribution in [2.24, 2.45) is 11.7 Å². The molecule has 5 atom stereocenters. The predicted octanol–water partition coefficient (Wildman–Crippen LogP) is -0.360. The summed E-state index contributed by atoms with van der Waals surface area (Å²) in [4.78, 5) is 51.4. The fourth-order valence-electron chi connectivity index (χ4n) is 3.78. The van der Waals surface area contributed by atoms with Crippen molar-refractivity contribution in [3.63, 3.8) is 0 Å². The van der Waals surface area contributed by atoms with Gasteiger partial charge in [0.2, 0.25) is 17.7 Å². The lowest BCUT2D eigenvalue weighted by Crippen LogP contribution is -2.59. The first-order valence-electron chi connectivity index (χ1n) is 11.2. The molecule has 0 aliphatic carbocycles. The fraction of sp³-hybridized carbons (Fsp3) is 0.565. The van der Waals surface area contributed by atoms with Gasteiger partial charge in [0.05, 0.1) is 12.6 Å². The van der Waals surface area contributed by atoms with E-state index in [4.69, 9.17) is 5.73 Å². The van der Waals surface area contributed by atoms with Gasteiger partial charge in [-0.15, -0.1) is 0 Å². The standard InChI is InChI=1S/C23H34N4O6/c1-3-14(2)19(24)21(30)26-17(13-28)20(29)25-16(12-15-8-5-4-6-9-15)22(31)27-11-7-10-18(27)23(32)33/h4-6,8-9,14,16-19,28H,3,7,10-13,24H2,1-2H3,(H,25,29)(H,26,30)(H,32,33). The largest absolute Gasteiger partial charge is 0.480 e. The highest BCUT2D eigenvalue weighted by atomic mass is 16.4. The molecule has 1 aromatic carbocycles. The number of nitrogens with zero attached hydrogens (tertiary/aromatic N) is 1. The molecular formula is C23H34N4O6. The number of rotatable bonds is 11. The summed E-state index contributed by atoms with van der Waals surface area (Å²) in [5.74, 6) is -3.05. The highest BCUT2D eigenvalue weighted by Crippen LogP contribution is 2.19. The van der Waals surface area contributed by atoms with Crippen LogP contribution < -0.4 is 16.4 Å². The van der Waals surface area contributed by atoms with Gasteiger partial charge in [-0.1, -0.05) is 50.6 Å². The van der Waals surface area contributed by atoms with E-state index in [9.17, 15) is 29.4 Å². The van der Waals surface area contributed by atoms with Crippen molar-refractivity contribution in [2.45, 2.75) is 63.7 Å². The van der Waals surface area contributed by atoms with E-state index in [2.05, 4.69) is 10.6 Å². The average molecular weight is 463 g/mol. The molecule has 10 heteroatoms. The van der Waals surface area contributed by atoms with Crippen LogP contribution in [0.5, 0.6) is 0 Å². The van der Waals surface area contributed by atoms with Crippen LogP contribution in [0.15, 0.2) is 30.3 Å². The minimum atomic E-state index is -1.30. The monoisotopic (exact) mass is 462 g/mol. The second-order valence-electron chi connectivity index (χ2n) is 8.43. The van der Waals surface area contributed by atoms with Crippen molar-refractivity contribution in [1.29, 1.82) is 0 Å². The summed E-state index contributed by atoms with van der Waals surface area (Å²) in [7, 11) is 0. The summed E-state index contributed by atoms with van der Waals surface area (Å²) in [5.41, 5.74) is 6.68. The van der Waals surface area contributed by atoms with Gasteiger partial charge in [0.25, 0.3) is 0 Å². The van der Waals surface area contributed by atoms with Crippen LogP contribution in [0.4, 0.5) is 0 Å². The average Bonchev–Trinajstić information content (AvgIpc) is 3.31. The van der Waals surface area contributed by atoms with Crippen LogP contribution in [0.3, 0.4) is 0 Å². The van der Waals surface area contributed by atoms with E-state index >= 15 is 0 Å². The normalized spacial score (nSPS) is 19.3. The summed E-state index contributed by atoms with van der Waals surface area (Å²) in [6, 6.07) is 4.83. The maximum Gasteiger partial charge on any atom is 0.326 e. The molecule has 6 N–H and O–H groups in total. The van der Waals surface area contributed by atoms with Gasteiger partial charge in [0, 0.05) is 13.0 Å². The summed E-state index contributed by atoms with van der Waals surface area (Å²) in [6.07, 6.45) is 1.69. The summed E-state index contributed by atoms with van der Waals surface area (Å²) in [6.45, 7) is 3.29. The third-order valence-electron chi connectivity index (χ3n) is 6.09. The first kappa shape index (κ1) is 26.3. The van der Waals surface area contributed by atoms with E-state index in [0.717, 1.165) is 5.56 Å². The highest BCUT2D eigenvalue weighted by molar-refractivity contribution is 5.94. The van der Waals surface area contributed by atoms with E-state index in [1.807, 2.05) is 19.9 Å². The predicted molar refractivity (Wildman–Crippen MR) is 121 cm³/mol. The Hall–Kier alpha value is -2.98. The van der Waals surface area contributed by atoms with E-state index in [0.29, 0.717) is 19.3 Å². The molecule has 1 saturated heterocycles. The molecule has 0 aromatic heterocycles. The first-order valence-corrected chi connectivity index (χ1v) is 11.2. The topological polar surface area (TPSA) is 162 Å². The highest BCUT2D eigenvalue weighted by Gasteiger charge is 2.38. The number of aliphatic hydroxyl groups is 1. The molecule has 1 aliphatic rings. The Kier molecular flexibility index (Phi) is 9.80. The maximum atomic E-state index is 13.2. The Labute approximate surface area is 193 Å². The van der Waals surface area contributed by atoms with Crippen LogP contribution in [-0.4, -0.2) is 76.1 Å².